The Hall–Kier alpha value is -3.17. The third-order valence-corrected chi connectivity index (χ3v) is 4.49. The number of carbonyl (C=O) groups is 1. The van der Waals surface area contributed by atoms with Gasteiger partial charge in [0.2, 0.25) is 0 Å². The lowest BCUT2D eigenvalue weighted by Crippen LogP contribution is -2.35. The van der Waals surface area contributed by atoms with Crippen molar-refractivity contribution < 1.29 is 14.6 Å². The van der Waals surface area contributed by atoms with Crippen LogP contribution in [0.5, 0.6) is 0 Å². The molecule has 0 saturated heterocycles. The van der Waals surface area contributed by atoms with Gasteiger partial charge in [0.1, 0.15) is 6.10 Å². The number of aliphatic hydroxyl groups excluding tert-OH is 1. The van der Waals surface area contributed by atoms with Crippen LogP contribution in [-0.4, -0.2) is 56.0 Å². The minimum atomic E-state index is -0.371. The van der Waals surface area contributed by atoms with Gasteiger partial charge in [-0.3, -0.25) is 9.78 Å². The van der Waals surface area contributed by atoms with Crippen molar-refractivity contribution in [1.29, 1.82) is 0 Å². The molecule has 2 atom stereocenters. The molecule has 29 heavy (non-hydrogen) atoms. The maximum Gasteiger partial charge on any atom is 0.251 e. The molecule has 2 heterocycles. The number of hydrogen-bond acceptors (Lipinski definition) is 7. The highest BCUT2D eigenvalue weighted by Gasteiger charge is 2.19. The molecule has 2 aromatic heterocycles. The first-order valence-corrected chi connectivity index (χ1v) is 9.24. The van der Waals surface area contributed by atoms with Crippen LogP contribution < -0.4 is 5.32 Å². The Morgan fingerprint density at radius 3 is 2.72 bits per heavy atom. The Labute approximate surface area is 168 Å². The quantitative estimate of drug-likeness (QED) is 0.626. The molecule has 0 aliphatic heterocycles. The summed E-state index contributed by atoms with van der Waals surface area (Å²) < 4.78 is 6.89. The number of carbonyl (C=O) groups excluding carboxylic acids is 1. The smallest absolute Gasteiger partial charge is 0.251 e. The summed E-state index contributed by atoms with van der Waals surface area (Å²) >= 11 is 0. The van der Waals surface area contributed by atoms with Gasteiger partial charge in [-0.25, -0.2) is 0 Å². The van der Waals surface area contributed by atoms with E-state index in [9.17, 15) is 9.90 Å². The summed E-state index contributed by atoms with van der Waals surface area (Å²) in [5.74, 6) is 0.202. The molecule has 3 aromatic rings. The molecule has 1 unspecified atom stereocenters. The molecule has 2 N–H and O–H groups in total. The van der Waals surface area contributed by atoms with Gasteiger partial charge in [-0.15, -0.1) is 5.10 Å². The van der Waals surface area contributed by atoms with E-state index in [1.54, 1.807) is 32.4 Å². The van der Waals surface area contributed by atoms with Crippen molar-refractivity contribution in [2.45, 2.75) is 32.9 Å². The van der Waals surface area contributed by atoms with Crippen molar-refractivity contribution in [3.8, 4) is 16.9 Å². The number of benzene rings is 1. The van der Waals surface area contributed by atoms with Crippen LogP contribution in [0.2, 0.25) is 0 Å². The third kappa shape index (κ3) is 4.64. The second-order valence-corrected chi connectivity index (χ2v) is 6.87. The molecular weight excluding hydrogens is 372 g/mol. The van der Waals surface area contributed by atoms with Gasteiger partial charge in [-0.1, -0.05) is 6.07 Å². The van der Waals surface area contributed by atoms with Crippen molar-refractivity contribution >= 4 is 5.91 Å². The van der Waals surface area contributed by atoms with E-state index in [0.29, 0.717) is 17.1 Å². The van der Waals surface area contributed by atoms with E-state index in [-0.39, 0.29) is 24.7 Å². The number of ether oxygens (including phenoxy) is 1. The number of aromatic nitrogens is 5. The van der Waals surface area contributed by atoms with E-state index in [0.717, 1.165) is 16.8 Å². The summed E-state index contributed by atoms with van der Waals surface area (Å²) in [4.78, 5) is 17.2. The van der Waals surface area contributed by atoms with Gasteiger partial charge < -0.3 is 15.2 Å². The zero-order chi connectivity index (χ0) is 21.0. The predicted molar refractivity (Wildman–Crippen MR) is 107 cm³/mol. The number of hydrogen-bond donors (Lipinski definition) is 2. The van der Waals surface area contributed by atoms with Crippen LogP contribution in [0.3, 0.4) is 0 Å². The molecule has 1 amide bonds. The molecule has 3 rings (SSSR count). The third-order valence-electron chi connectivity index (χ3n) is 4.49. The standard InChI is InChI=1S/C20H24N6O3/c1-12-5-6-18(21-10-12)15-7-16(20(28)22-13(2)11-27)9-17(8-15)26-19(14(3)29-4)23-24-25-26/h5-10,13-14,27H,11H2,1-4H3,(H,22,28)/t13-,14?/m0/s1. The molecule has 9 nitrogen and oxygen atoms in total. The highest BCUT2D eigenvalue weighted by atomic mass is 16.5. The van der Waals surface area contributed by atoms with Gasteiger partial charge >= 0.3 is 0 Å². The number of methoxy groups -OCH3 is 1. The molecular formula is C20H24N6O3. The fraction of sp³-hybridized carbons (Fsp3) is 0.350. The summed E-state index contributed by atoms with van der Waals surface area (Å²) in [5.41, 5.74) is 3.52. The van der Waals surface area contributed by atoms with E-state index in [1.807, 2.05) is 32.0 Å². The maximum absolute atomic E-state index is 12.7. The molecule has 0 spiro atoms. The Morgan fingerprint density at radius 2 is 2.07 bits per heavy atom. The molecule has 0 aliphatic rings. The minimum Gasteiger partial charge on any atom is -0.394 e. The van der Waals surface area contributed by atoms with Crippen molar-refractivity contribution in [2.75, 3.05) is 13.7 Å². The summed E-state index contributed by atoms with van der Waals surface area (Å²) in [5, 5.41) is 23.9. The van der Waals surface area contributed by atoms with Gasteiger partial charge in [0.05, 0.1) is 18.0 Å². The zero-order valence-corrected chi connectivity index (χ0v) is 16.8. The van der Waals surface area contributed by atoms with E-state index in [2.05, 4.69) is 25.8 Å². The van der Waals surface area contributed by atoms with Crippen molar-refractivity contribution in [3.63, 3.8) is 0 Å². The molecule has 0 aliphatic carbocycles. The number of nitrogens with one attached hydrogen (secondary N) is 1. The Morgan fingerprint density at radius 1 is 1.28 bits per heavy atom. The molecule has 0 fully saturated rings. The molecule has 152 valence electrons. The lowest BCUT2D eigenvalue weighted by atomic mass is 10.0. The number of tetrazole rings is 1. The average molecular weight is 396 g/mol. The van der Waals surface area contributed by atoms with Gasteiger partial charge in [-0.2, -0.15) is 4.68 Å². The monoisotopic (exact) mass is 396 g/mol. The molecule has 9 heteroatoms. The number of aryl methyl sites for hydroxylation is 1. The fourth-order valence-electron chi connectivity index (χ4n) is 2.74. The van der Waals surface area contributed by atoms with Crippen LogP contribution in [-0.2, 0) is 4.74 Å². The largest absolute Gasteiger partial charge is 0.394 e. The van der Waals surface area contributed by atoms with Crippen LogP contribution in [0.25, 0.3) is 16.9 Å². The second-order valence-electron chi connectivity index (χ2n) is 6.87. The summed E-state index contributed by atoms with van der Waals surface area (Å²) in [7, 11) is 1.57. The first-order valence-electron chi connectivity index (χ1n) is 9.24. The summed E-state index contributed by atoms with van der Waals surface area (Å²) in [6.45, 7) is 5.37. The maximum atomic E-state index is 12.7. The van der Waals surface area contributed by atoms with Crippen molar-refractivity contribution in [2.24, 2.45) is 0 Å². The highest BCUT2D eigenvalue weighted by molar-refractivity contribution is 5.96. The van der Waals surface area contributed by atoms with Crippen LogP contribution >= 0.6 is 0 Å². The molecule has 0 bridgehead atoms. The van der Waals surface area contributed by atoms with Gasteiger partial charge in [0, 0.05) is 30.5 Å². The Balaban J connectivity index is 2.12. The predicted octanol–water partition coefficient (Wildman–Crippen LogP) is 1.85. The lowest BCUT2D eigenvalue weighted by molar-refractivity contribution is 0.0922. The lowest BCUT2D eigenvalue weighted by Gasteiger charge is -2.15. The normalized spacial score (nSPS) is 13.1. The number of aliphatic hydroxyl groups is 1. The minimum absolute atomic E-state index is 0.152. The van der Waals surface area contributed by atoms with E-state index >= 15 is 0 Å². The van der Waals surface area contributed by atoms with Gasteiger partial charge in [0.25, 0.3) is 5.91 Å². The Kier molecular flexibility index (Phi) is 6.30. The highest BCUT2D eigenvalue weighted by Crippen LogP contribution is 2.25. The van der Waals surface area contributed by atoms with Crippen molar-refractivity contribution in [3.05, 3.63) is 53.5 Å². The second kappa shape index (κ2) is 8.89. The summed E-state index contributed by atoms with van der Waals surface area (Å²) in [6, 6.07) is 8.79. The average Bonchev–Trinajstić information content (AvgIpc) is 3.23. The van der Waals surface area contributed by atoms with Crippen LogP contribution in [0, 0.1) is 6.92 Å². The first kappa shape index (κ1) is 20.6. The SMILES string of the molecule is COC(C)c1nnnn1-c1cc(C(=O)N[C@@H](C)CO)cc(-c2ccc(C)cn2)c1. The van der Waals surface area contributed by atoms with Crippen molar-refractivity contribution in [1.82, 2.24) is 30.5 Å². The van der Waals surface area contributed by atoms with Gasteiger partial charge in [-0.05, 0) is 61.0 Å². The number of amides is 1. The number of pyridine rings is 1. The first-order chi connectivity index (χ1) is 13.9. The number of rotatable bonds is 7. The Bertz CT molecular complexity index is 986. The molecule has 0 radical (unpaired) electrons. The summed E-state index contributed by atoms with van der Waals surface area (Å²) in [6.07, 6.45) is 1.43. The van der Waals surface area contributed by atoms with Crippen LogP contribution in [0.4, 0.5) is 0 Å². The topological polar surface area (TPSA) is 115 Å². The zero-order valence-electron chi connectivity index (χ0n) is 16.8. The van der Waals surface area contributed by atoms with Crippen LogP contribution in [0.1, 0.15) is 41.7 Å². The molecule has 0 saturated carbocycles. The van der Waals surface area contributed by atoms with E-state index in [4.69, 9.17) is 4.74 Å². The fourth-order valence-corrected chi connectivity index (χ4v) is 2.74. The van der Waals surface area contributed by atoms with Crippen LogP contribution in [0.15, 0.2) is 36.5 Å². The molecule has 1 aromatic carbocycles. The van der Waals surface area contributed by atoms with E-state index in [1.165, 1.54) is 4.68 Å². The van der Waals surface area contributed by atoms with Gasteiger partial charge in [0.15, 0.2) is 5.82 Å². The number of nitrogens with zero attached hydrogens (tertiary/aromatic N) is 5. The van der Waals surface area contributed by atoms with E-state index < -0.39 is 0 Å².